The lowest BCUT2D eigenvalue weighted by molar-refractivity contribution is -0.133. The molecule has 1 aromatic rings. The highest BCUT2D eigenvalue weighted by molar-refractivity contribution is 8.00. The van der Waals surface area contributed by atoms with Crippen LogP contribution in [-0.2, 0) is 4.79 Å². The largest absolute Gasteiger partial charge is 0.481 e. The minimum absolute atomic E-state index is 0.107. The number of rotatable bonds is 4. The molecule has 0 saturated carbocycles. The average Bonchev–Trinajstić information content (AvgIpc) is 2.51. The fraction of sp³-hybridized carbons (Fsp3) is 0.375. The molecule has 0 bridgehead atoms. The van der Waals surface area contributed by atoms with Gasteiger partial charge in [-0.1, -0.05) is 0 Å². The zero-order valence-electron chi connectivity index (χ0n) is 6.69. The van der Waals surface area contributed by atoms with E-state index in [2.05, 4.69) is 0 Å². The van der Waals surface area contributed by atoms with Crippen LogP contribution >= 0.6 is 11.8 Å². The van der Waals surface area contributed by atoms with Gasteiger partial charge in [-0.2, -0.15) is 0 Å². The molecule has 0 aromatic carbocycles. The van der Waals surface area contributed by atoms with Gasteiger partial charge in [0.15, 0.2) is 0 Å². The van der Waals surface area contributed by atoms with Crippen molar-refractivity contribution >= 4 is 17.7 Å². The molecule has 1 atom stereocenters. The summed E-state index contributed by atoms with van der Waals surface area (Å²) in [5, 5.41) is 8.52. The van der Waals surface area contributed by atoms with Crippen LogP contribution in [0.3, 0.4) is 0 Å². The van der Waals surface area contributed by atoms with Gasteiger partial charge in [0.25, 0.3) is 0 Å². The summed E-state index contributed by atoms with van der Waals surface area (Å²) in [6.45, 7) is 1.92. The third-order valence-electron chi connectivity index (χ3n) is 1.40. The Bertz CT molecular complexity index is 243. The van der Waals surface area contributed by atoms with Gasteiger partial charge in [-0.3, -0.25) is 4.79 Å². The lowest BCUT2D eigenvalue weighted by Crippen LogP contribution is -1.99. The van der Waals surface area contributed by atoms with E-state index in [1.165, 1.54) is 11.8 Å². The van der Waals surface area contributed by atoms with E-state index < -0.39 is 5.97 Å². The van der Waals surface area contributed by atoms with E-state index in [9.17, 15) is 4.79 Å². The van der Waals surface area contributed by atoms with Gasteiger partial charge < -0.3 is 9.52 Å². The standard InChI is InChI=1S/C8H10O3S/c1-6(12-5-8(9)10)7-3-2-4-11-7/h2-4,6H,5H2,1H3,(H,9,10). The maximum Gasteiger partial charge on any atom is 0.313 e. The summed E-state index contributed by atoms with van der Waals surface area (Å²) >= 11 is 1.35. The third-order valence-corrected chi connectivity index (χ3v) is 2.55. The maximum atomic E-state index is 10.2. The summed E-state index contributed by atoms with van der Waals surface area (Å²) in [5.41, 5.74) is 0. The molecule has 0 aliphatic rings. The summed E-state index contributed by atoms with van der Waals surface area (Å²) in [6, 6.07) is 3.65. The summed E-state index contributed by atoms with van der Waals surface area (Å²) in [6.07, 6.45) is 1.59. The Kier molecular flexibility index (Phi) is 3.22. The number of carboxylic acids is 1. The molecule has 1 heterocycles. The number of carbonyl (C=O) groups is 1. The lowest BCUT2D eigenvalue weighted by atomic mass is 10.4. The quantitative estimate of drug-likeness (QED) is 0.782. The Hall–Kier alpha value is -0.900. The smallest absolute Gasteiger partial charge is 0.313 e. The van der Waals surface area contributed by atoms with Crippen molar-refractivity contribution in [3.63, 3.8) is 0 Å². The number of aliphatic carboxylic acids is 1. The Balaban J connectivity index is 2.39. The van der Waals surface area contributed by atoms with Gasteiger partial charge in [0.2, 0.25) is 0 Å². The van der Waals surface area contributed by atoms with E-state index in [0.717, 1.165) is 5.76 Å². The highest BCUT2D eigenvalue weighted by atomic mass is 32.2. The van der Waals surface area contributed by atoms with Crippen LogP contribution in [0.2, 0.25) is 0 Å². The fourth-order valence-electron chi connectivity index (χ4n) is 0.801. The Morgan fingerprint density at radius 1 is 1.83 bits per heavy atom. The van der Waals surface area contributed by atoms with Gasteiger partial charge in [0.1, 0.15) is 5.76 Å². The molecule has 66 valence electrons. The van der Waals surface area contributed by atoms with E-state index in [0.29, 0.717) is 0 Å². The molecule has 1 rings (SSSR count). The van der Waals surface area contributed by atoms with Crippen molar-refractivity contribution in [3.8, 4) is 0 Å². The molecule has 1 unspecified atom stereocenters. The number of hydrogen-bond donors (Lipinski definition) is 1. The number of furan rings is 1. The molecule has 3 nitrogen and oxygen atoms in total. The molecular weight excluding hydrogens is 176 g/mol. The molecular formula is C8H10O3S. The monoisotopic (exact) mass is 186 g/mol. The van der Waals surface area contributed by atoms with Gasteiger partial charge in [-0.25, -0.2) is 0 Å². The molecule has 0 aliphatic heterocycles. The van der Waals surface area contributed by atoms with Gasteiger partial charge >= 0.3 is 5.97 Å². The van der Waals surface area contributed by atoms with Crippen molar-refractivity contribution in [1.29, 1.82) is 0 Å². The SMILES string of the molecule is CC(SCC(=O)O)c1ccco1. The van der Waals surface area contributed by atoms with Crippen molar-refractivity contribution < 1.29 is 14.3 Å². The molecule has 1 aromatic heterocycles. The molecule has 1 N–H and O–H groups in total. The zero-order valence-corrected chi connectivity index (χ0v) is 7.50. The van der Waals surface area contributed by atoms with Gasteiger partial charge in [-0.15, -0.1) is 11.8 Å². The van der Waals surface area contributed by atoms with E-state index in [1.807, 2.05) is 13.0 Å². The summed E-state index contributed by atoms with van der Waals surface area (Å²) in [4.78, 5) is 10.2. The Morgan fingerprint density at radius 3 is 3.08 bits per heavy atom. The minimum Gasteiger partial charge on any atom is -0.481 e. The van der Waals surface area contributed by atoms with Crippen LogP contribution in [0.25, 0.3) is 0 Å². The number of thioether (sulfide) groups is 1. The lowest BCUT2D eigenvalue weighted by Gasteiger charge is -2.04. The highest BCUT2D eigenvalue weighted by Crippen LogP contribution is 2.27. The maximum absolute atomic E-state index is 10.2. The third kappa shape index (κ3) is 2.62. The van der Waals surface area contributed by atoms with Crippen LogP contribution in [0.5, 0.6) is 0 Å². The first-order valence-corrected chi connectivity index (χ1v) is 4.62. The van der Waals surface area contributed by atoms with E-state index in [4.69, 9.17) is 9.52 Å². The van der Waals surface area contributed by atoms with Crippen molar-refractivity contribution in [2.24, 2.45) is 0 Å². The zero-order chi connectivity index (χ0) is 8.97. The van der Waals surface area contributed by atoms with Crippen molar-refractivity contribution in [3.05, 3.63) is 24.2 Å². The second-order valence-electron chi connectivity index (χ2n) is 2.36. The van der Waals surface area contributed by atoms with Gasteiger partial charge in [-0.05, 0) is 19.1 Å². The van der Waals surface area contributed by atoms with Crippen LogP contribution < -0.4 is 0 Å². The Morgan fingerprint density at radius 2 is 2.58 bits per heavy atom. The average molecular weight is 186 g/mol. The second kappa shape index (κ2) is 4.21. The summed E-state index contributed by atoms with van der Waals surface area (Å²) in [7, 11) is 0. The van der Waals surface area contributed by atoms with E-state index >= 15 is 0 Å². The molecule has 0 radical (unpaired) electrons. The van der Waals surface area contributed by atoms with Crippen molar-refractivity contribution in [2.75, 3.05) is 5.75 Å². The minimum atomic E-state index is -0.793. The van der Waals surface area contributed by atoms with E-state index in [-0.39, 0.29) is 11.0 Å². The summed E-state index contributed by atoms with van der Waals surface area (Å²) < 4.78 is 5.11. The number of carboxylic acid groups (broad SMARTS) is 1. The normalized spacial score (nSPS) is 12.8. The molecule has 0 spiro atoms. The first-order valence-electron chi connectivity index (χ1n) is 3.57. The van der Waals surface area contributed by atoms with Gasteiger partial charge in [0.05, 0.1) is 17.3 Å². The van der Waals surface area contributed by atoms with Crippen molar-refractivity contribution in [2.45, 2.75) is 12.2 Å². The first kappa shape index (κ1) is 9.19. The first-order chi connectivity index (χ1) is 5.70. The summed E-state index contributed by atoms with van der Waals surface area (Å²) in [5.74, 6) is 0.140. The molecule has 0 saturated heterocycles. The topological polar surface area (TPSA) is 50.4 Å². The predicted molar refractivity (Wildman–Crippen MR) is 47.2 cm³/mol. The van der Waals surface area contributed by atoms with Crippen LogP contribution in [0.1, 0.15) is 17.9 Å². The molecule has 12 heavy (non-hydrogen) atoms. The van der Waals surface area contributed by atoms with E-state index in [1.54, 1.807) is 12.3 Å². The fourth-order valence-corrected chi connectivity index (χ4v) is 1.49. The van der Waals surface area contributed by atoms with Crippen LogP contribution in [0.15, 0.2) is 22.8 Å². The second-order valence-corrected chi connectivity index (χ2v) is 3.69. The molecule has 0 amide bonds. The molecule has 0 aliphatic carbocycles. The molecule has 0 fully saturated rings. The Labute approximate surface area is 74.8 Å². The van der Waals surface area contributed by atoms with Crippen LogP contribution in [0, 0.1) is 0 Å². The van der Waals surface area contributed by atoms with Crippen LogP contribution in [-0.4, -0.2) is 16.8 Å². The number of hydrogen-bond acceptors (Lipinski definition) is 3. The predicted octanol–water partition coefficient (Wildman–Crippen LogP) is 2.16. The molecule has 4 heteroatoms. The van der Waals surface area contributed by atoms with Gasteiger partial charge in [0, 0.05) is 0 Å². The highest BCUT2D eigenvalue weighted by Gasteiger charge is 2.09. The van der Waals surface area contributed by atoms with Crippen LogP contribution in [0.4, 0.5) is 0 Å². The van der Waals surface area contributed by atoms with Crippen molar-refractivity contribution in [1.82, 2.24) is 0 Å².